The van der Waals surface area contributed by atoms with Gasteiger partial charge in [0.25, 0.3) is 0 Å². The average Bonchev–Trinajstić information content (AvgIpc) is 3.20. The van der Waals surface area contributed by atoms with Crippen LogP contribution in [0.15, 0.2) is 0 Å². The molecule has 1 amide bonds. The predicted molar refractivity (Wildman–Crippen MR) is 98.9 cm³/mol. The smallest absolute Gasteiger partial charge is 0.222 e. The van der Waals surface area contributed by atoms with Crippen molar-refractivity contribution in [2.24, 2.45) is 0 Å². The summed E-state index contributed by atoms with van der Waals surface area (Å²) >= 11 is 1.80. The standard InChI is InChI=1S/C19H30N2O2S/c1-3-7-18(22)21-12-8-17-16(14-21)15(2)19(24-17)23-13-6-11-20-9-4-5-10-20/h3-14H2,1-2H3. The highest BCUT2D eigenvalue weighted by atomic mass is 32.1. The van der Waals surface area contributed by atoms with Gasteiger partial charge in [0.05, 0.1) is 6.61 Å². The molecule has 0 bridgehead atoms. The first kappa shape index (κ1) is 17.7. The van der Waals surface area contributed by atoms with Gasteiger partial charge in [-0.25, -0.2) is 0 Å². The number of carbonyl (C=O) groups is 1. The van der Waals surface area contributed by atoms with Crippen LogP contribution in [0.25, 0.3) is 0 Å². The Labute approximate surface area is 149 Å². The monoisotopic (exact) mass is 350 g/mol. The molecule has 0 aliphatic carbocycles. The summed E-state index contributed by atoms with van der Waals surface area (Å²) in [5, 5.41) is 1.08. The Morgan fingerprint density at radius 3 is 2.79 bits per heavy atom. The number of ether oxygens (including phenoxy) is 1. The normalized spacial score (nSPS) is 18.0. The summed E-state index contributed by atoms with van der Waals surface area (Å²) in [6.45, 7) is 10.3. The van der Waals surface area contributed by atoms with Crippen molar-refractivity contribution in [3.63, 3.8) is 0 Å². The van der Waals surface area contributed by atoms with Crippen LogP contribution in [-0.2, 0) is 17.8 Å². The zero-order valence-electron chi connectivity index (χ0n) is 15.1. The minimum Gasteiger partial charge on any atom is -0.484 e. The number of amides is 1. The number of hydrogen-bond donors (Lipinski definition) is 0. The Kier molecular flexibility index (Phi) is 6.17. The first-order valence-corrected chi connectivity index (χ1v) is 10.2. The molecule has 0 saturated carbocycles. The van der Waals surface area contributed by atoms with Crippen molar-refractivity contribution in [2.75, 3.05) is 32.8 Å². The molecule has 24 heavy (non-hydrogen) atoms. The zero-order valence-corrected chi connectivity index (χ0v) is 15.9. The topological polar surface area (TPSA) is 32.8 Å². The molecule has 0 spiro atoms. The predicted octanol–water partition coefficient (Wildman–Crippen LogP) is 3.61. The molecule has 0 aromatic carbocycles. The van der Waals surface area contributed by atoms with Gasteiger partial charge in [0.2, 0.25) is 5.91 Å². The summed E-state index contributed by atoms with van der Waals surface area (Å²) in [6.07, 6.45) is 6.38. The SMILES string of the molecule is CCCC(=O)N1CCc2sc(OCCCN3CCCC3)c(C)c2C1. The molecule has 0 N–H and O–H groups in total. The molecule has 0 radical (unpaired) electrons. The summed E-state index contributed by atoms with van der Waals surface area (Å²) in [5.41, 5.74) is 2.59. The number of carbonyl (C=O) groups excluding carboxylic acids is 1. The van der Waals surface area contributed by atoms with Gasteiger partial charge in [-0.15, -0.1) is 11.3 Å². The van der Waals surface area contributed by atoms with Crippen molar-refractivity contribution in [3.05, 3.63) is 16.0 Å². The van der Waals surface area contributed by atoms with Crippen LogP contribution in [0.4, 0.5) is 0 Å². The maximum Gasteiger partial charge on any atom is 0.222 e. The maximum atomic E-state index is 12.2. The molecule has 1 aromatic heterocycles. The maximum absolute atomic E-state index is 12.2. The van der Waals surface area contributed by atoms with Gasteiger partial charge in [-0.3, -0.25) is 4.79 Å². The zero-order chi connectivity index (χ0) is 16.9. The fourth-order valence-electron chi connectivity index (χ4n) is 3.68. The van der Waals surface area contributed by atoms with E-state index in [1.807, 2.05) is 4.90 Å². The second kappa shape index (κ2) is 8.34. The summed E-state index contributed by atoms with van der Waals surface area (Å²) in [7, 11) is 0. The molecule has 4 nitrogen and oxygen atoms in total. The highest BCUT2D eigenvalue weighted by molar-refractivity contribution is 7.14. The number of thiophene rings is 1. The fraction of sp³-hybridized carbons (Fsp3) is 0.737. The molecule has 1 saturated heterocycles. The first-order valence-electron chi connectivity index (χ1n) is 9.43. The van der Waals surface area contributed by atoms with E-state index in [1.165, 1.54) is 41.9 Å². The quantitative estimate of drug-likeness (QED) is 0.704. The van der Waals surface area contributed by atoms with Crippen LogP contribution in [0.5, 0.6) is 5.06 Å². The van der Waals surface area contributed by atoms with Gasteiger partial charge in [-0.05, 0) is 57.7 Å². The summed E-state index contributed by atoms with van der Waals surface area (Å²) in [4.78, 5) is 18.1. The Morgan fingerprint density at radius 1 is 1.25 bits per heavy atom. The lowest BCUT2D eigenvalue weighted by Gasteiger charge is -2.27. The van der Waals surface area contributed by atoms with Gasteiger partial charge in [-0.2, -0.15) is 0 Å². The molecule has 134 valence electrons. The van der Waals surface area contributed by atoms with E-state index in [2.05, 4.69) is 18.7 Å². The van der Waals surface area contributed by atoms with E-state index in [0.29, 0.717) is 12.3 Å². The second-order valence-corrected chi connectivity index (χ2v) is 8.05. The van der Waals surface area contributed by atoms with E-state index in [4.69, 9.17) is 4.74 Å². The molecule has 3 heterocycles. The van der Waals surface area contributed by atoms with Crippen molar-refractivity contribution in [1.29, 1.82) is 0 Å². The van der Waals surface area contributed by atoms with Gasteiger partial charge in [0, 0.05) is 36.5 Å². The first-order chi connectivity index (χ1) is 11.7. The van der Waals surface area contributed by atoms with Crippen LogP contribution in [-0.4, -0.2) is 48.5 Å². The molecule has 1 aromatic rings. The van der Waals surface area contributed by atoms with E-state index in [1.54, 1.807) is 11.3 Å². The summed E-state index contributed by atoms with van der Waals surface area (Å²) in [6, 6.07) is 0. The van der Waals surface area contributed by atoms with Crippen molar-refractivity contribution in [3.8, 4) is 5.06 Å². The van der Waals surface area contributed by atoms with Crippen molar-refractivity contribution >= 4 is 17.2 Å². The van der Waals surface area contributed by atoms with Crippen molar-refractivity contribution in [1.82, 2.24) is 9.80 Å². The second-order valence-electron chi connectivity index (χ2n) is 6.98. The molecule has 5 heteroatoms. The van der Waals surface area contributed by atoms with Gasteiger partial charge in [0.15, 0.2) is 5.06 Å². The number of rotatable bonds is 7. The highest BCUT2D eigenvalue weighted by Gasteiger charge is 2.25. The van der Waals surface area contributed by atoms with Gasteiger partial charge < -0.3 is 14.5 Å². The largest absolute Gasteiger partial charge is 0.484 e. The Bertz CT molecular complexity index is 564. The lowest BCUT2D eigenvalue weighted by molar-refractivity contribution is -0.132. The third-order valence-corrected chi connectivity index (χ3v) is 6.44. The number of hydrogen-bond acceptors (Lipinski definition) is 4. The average molecular weight is 351 g/mol. The Hall–Kier alpha value is -1.07. The van der Waals surface area contributed by atoms with E-state index in [-0.39, 0.29) is 0 Å². The van der Waals surface area contributed by atoms with Crippen LogP contribution >= 0.6 is 11.3 Å². The molecular formula is C19H30N2O2S. The lowest BCUT2D eigenvalue weighted by Crippen LogP contribution is -2.35. The van der Waals surface area contributed by atoms with E-state index >= 15 is 0 Å². The molecule has 2 aliphatic rings. The van der Waals surface area contributed by atoms with Gasteiger partial charge >= 0.3 is 0 Å². The number of likely N-dealkylation sites (tertiary alicyclic amines) is 1. The minimum atomic E-state index is 0.293. The molecule has 3 rings (SSSR count). The number of nitrogens with zero attached hydrogens (tertiary/aromatic N) is 2. The fourth-order valence-corrected chi connectivity index (χ4v) is 4.86. The van der Waals surface area contributed by atoms with Crippen LogP contribution < -0.4 is 4.74 Å². The molecule has 0 unspecified atom stereocenters. The highest BCUT2D eigenvalue weighted by Crippen LogP contribution is 2.38. The van der Waals surface area contributed by atoms with Crippen LogP contribution in [0, 0.1) is 6.92 Å². The van der Waals surface area contributed by atoms with E-state index < -0.39 is 0 Å². The summed E-state index contributed by atoms with van der Waals surface area (Å²) in [5.74, 6) is 0.293. The summed E-state index contributed by atoms with van der Waals surface area (Å²) < 4.78 is 6.08. The molecule has 2 aliphatic heterocycles. The van der Waals surface area contributed by atoms with Gasteiger partial charge in [-0.1, -0.05) is 6.92 Å². The molecule has 1 fully saturated rings. The third kappa shape index (κ3) is 4.12. The van der Waals surface area contributed by atoms with Crippen LogP contribution in [0.2, 0.25) is 0 Å². The third-order valence-electron chi connectivity index (χ3n) is 5.14. The lowest BCUT2D eigenvalue weighted by atomic mass is 10.0. The van der Waals surface area contributed by atoms with Crippen LogP contribution in [0.1, 0.15) is 55.0 Å². The van der Waals surface area contributed by atoms with Crippen molar-refractivity contribution < 1.29 is 9.53 Å². The molecule has 0 atom stereocenters. The van der Waals surface area contributed by atoms with E-state index in [0.717, 1.165) is 50.6 Å². The Balaban J connectivity index is 1.52. The number of fused-ring (bicyclic) bond motifs is 1. The van der Waals surface area contributed by atoms with E-state index in [9.17, 15) is 4.79 Å². The van der Waals surface area contributed by atoms with Crippen molar-refractivity contribution in [2.45, 2.75) is 58.9 Å². The van der Waals surface area contributed by atoms with Gasteiger partial charge in [0.1, 0.15) is 0 Å². The van der Waals surface area contributed by atoms with Crippen LogP contribution in [0.3, 0.4) is 0 Å². The Morgan fingerprint density at radius 2 is 2.04 bits per heavy atom. The minimum absolute atomic E-state index is 0.293. The molecular weight excluding hydrogens is 320 g/mol.